The van der Waals surface area contributed by atoms with Gasteiger partial charge in [-0.2, -0.15) is 11.8 Å². The monoisotopic (exact) mass is 435 g/mol. The summed E-state index contributed by atoms with van der Waals surface area (Å²) in [6.45, 7) is 0.569. The fourth-order valence-corrected chi connectivity index (χ4v) is 2.62. The molecule has 0 rings (SSSR count). The predicted octanol–water partition coefficient (Wildman–Crippen LogP) is -3.12. The Labute approximate surface area is 172 Å². The molecular weight excluding hydrogens is 406 g/mol. The molecule has 0 saturated heterocycles. The second-order valence-corrected chi connectivity index (χ2v) is 7.28. The Kier molecular flexibility index (Phi) is 12.6. The van der Waals surface area contributed by atoms with E-state index in [1.807, 2.05) is 0 Å². The molecule has 166 valence electrons. The average Bonchev–Trinajstić information content (AvgIpc) is 2.64. The van der Waals surface area contributed by atoms with Crippen LogP contribution in [0, 0.1) is 0 Å². The van der Waals surface area contributed by atoms with Crippen molar-refractivity contribution in [2.24, 2.45) is 11.5 Å². The van der Waals surface area contributed by atoms with Crippen molar-refractivity contribution in [2.75, 3.05) is 18.6 Å². The Hall–Kier alpha value is -2.38. The van der Waals surface area contributed by atoms with E-state index in [0.717, 1.165) is 0 Å². The number of aliphatic carboxylic acids is 1. The van der Waals surface area contributed by atoms with E-state index >= 15 is 0 Å². The van der Waals surface area contributed by atoms with E-state index < -0.39 is 60.4 Å². The zero-order chi connectivity index (χ0) is 22.6. The number of carboxylic acid groups (broad SMARTS) is 1. The quantitative estimate of drug-likeness (QED) is 0.147. The van der Waals surface area contributed by atoms with Crippen molar-refractivity contribution in [3.63, 3.8) is 0 Å². The highest BCUT2D eigenvalue weighted by atomic mass is 32.2. The molecule has 4 amide bonds. The van der Waals surface area contributed by atoms with Gasteiger partial charge in [-0.3, -0.25) is 24.0 Å². The van der Waals surface area contributed by atoms with Gasteiger partial charge in [0, 0.05) is 6.42 Å². The lowest BCUT2D eigenvalue weighted by Gasteiger charge is -2.25. The molecule has 13 heteroatoms. The zero-order valence-corrected chi connectivity index (χ0v) is 17.2. The van der Waals surface area contributed by atoms with Crippen LogP contribution in [0.5, 0.6) is 0 Å². The number of nitrogens with two attached hydrogens (primary N) is 2. The van der Waals surface area contributed by atoms with Crippen molar-refractivity contribution in [1.29, 1.82) is 0 Å². The number of aliphatic hydroxyl groups is 1. The summed E-state index contributed by atoms with van der Waals surface area (Å²) in [4.78, 5) is 58.2. The molecule has 0 radical (unpaired) electrons. The molecular formula is C16H29N5O7S. The fraction of sp³-hybridized carbons (Fsp3) is 0.688. The Bertz CT molecular complexity index is 602. The van der Waals surface area contributed by atoms with Crippen LogP contribution in [0.4, 0.5) is 0 Å². The van der Waals surface area contributed by atoms with E-state index in [4.69, 9.17) is 16.6 Å². The lowest BCUT2D eigenvalue weighted by molar-refractivity contribution is -0.139. The van der Waals surface area contributed by atoms with Gasteiger partial charge in [0.25, 0.3) is 0 Å². The third-order valence-electron chi connectivity index (χ3n) is 3.76. The van der Waals surface area contributed by atoms with Gasteiger partial charge in [-0.25, -0.2) is 0 Å². The third kappa shape index (κ3) is 11.3. The van der Waals surface area contributed by atoms with Crippen molar-refractivity contribution < 1.29 is 34.2 Å². The molecule has 0 aromatic heterocycles. The van der Waals surface area contributed by atoms with Gasteiger partial charge in [0.2, 0.25) is 23.6 Å². The van der Waals surface area contributed by atoms with Crippen LogP contribution in [0.2, 0.25) is 0 Å². The Balaban J connectivity index is 5.10. The van der Waals surface area contributed by atoms with E-state index in [1.165, 1.54) is 18.7 Å². The maximum atomic E-state index is 12.6. The summed E-state index contributed by atoms with van der Waals surface area (Å²) >= 11 is 1.42. The van der Waals surface area contributed by atoms with Gasteiger partial charge in [-0.1, -0.05) is 0 Å². The maximum absolute atomic E-state index is 12.6. The number of nitrogens with one attached hydrogen (secondary N) is 3. The Morgan fingerprint density at radius 3 is 2.14 bits per heavy atom. The van der Waals surface area contributed by atoms with Crippen LogP contribution in [0.15, 0.2) is 0 Å². The maximum Gasteiger partial charge on any atom is 0.322 e. The van der Waals surface area contributed by atoms with Crippen molar-refractivity contribution >= 4 is 41.4 Å². The van der Waals surface area contributed by atoms with E-state index in [9.17, 15) is 29.1 Å². The second-order valence-electron chi connectivity index (χ2n) is 6.29. The minimum absolute atomic E-state index is 0.00588. The molecule has 4 atom stereocenters. The number of thioether (sulfide) groups is 1. The number of amides is 4. The first kappa shape index (κ1) is 26.6. The van der Waals surface area contributed by atoms with Gasteiger partial charge in [-0.05, 0) is 31.8 Å². The van der Waals surface area contributed by atoms with Gasteiger partial charge >= 0.3 is 5.97 Å². The minimum atomic E-state index is -1.42. The van der Waals surface area contributed by atoms with E-state index in [2.05, 4.69) is 16.0 Å². The predicted molar refractivity (Wildman–Crippen MR) is 106 cm³/mol. The molecule has 9 N–H and O–H groups in total. The number of carbonyl (C=O) groups excluding carboxylic acids is 4. The largest absolute Gasteiger partial charge is 0.480 e. The fourth-order valence-electron chi connectivity index (χ4n) is 2.14. The van der Waals surface area contributed by atoms with E-state index in [0.29, 0.717) is 5.75 Å². The molecule has 0 aromatic carbocycles. The van der Waals surface area contributed by atoms with Crippen molar-refractivity contribution in [3.05, 3.63) is 0 Å². The topological polar surface area (TPSA) is 214 Å². The highest BCUT2D eigenvalue weighted by Gasteiger charge is 2.30. The molecule has 0 aliphatic carbocycles. The molecule has 0 saturated carbocycles. The van der Waals surface area contributed by atoms with Crippen LogP contribution in [-0.2, 0) is 24.0 Å². The Morgan fingerprint density at radius 1 is 1.03 bits per heavy atom. The van der Waals surface area contributed by atoms with E-state index in [1.54, 1.807) is 6.26 Å². The van der Waals surface area contributed by atoms with Crippen molar-refractivity contribution in [3.8, 4) is 0 Å². The summed E-state index contributed by atoms with van der Waals surface area (Å²) in [6, 6.07) is -3.53. The van der Waals surface area contributed by atoms with Crippen LogP contribution in [0.1, 0.15) is 26.2 Å². The van der Waals surface area contributed by atoms with Gasteiger partial charge in [0.1, 0.15) is 18.6 Å². The highest BCUT2D eigenvalue weighted by Crippen LogP contribution is 2.04. The van der Waals surface area contributed by atoms with Gasteiger partial charge in [0.05, 0.1) is 12.1 Å². The van der Waals surface area contributed by atoms with Crippen LogP contribution in [0.25, 0.3) is 0 Å². The number of aliphatic hydroxyl groups excluding tert-OH is 1. The third-order valence-corrected chi connectivity index (χ3v) is 4.40. The average molecular weight is 436 g/mol. The number of rotatable bonds is 14. The molecule has 0 aromatic rings. The molecule has 0 fully saturated rings. The van der Waals surface area contributed by atoms with Crippen molar-refractivity contribution in [1.82, 2.24) is 16.0 Å². The Morgan fingerprint density at radius 2 is 1.66 bits per heavy atom. The molecule has 29 heavy (non-hydrogen) atoms. The molecule has 12 nitrogen and oxygen atoms in total. The lowest BCUT2D eigenvalue weighted by Crippen LogP contribution is -2.58. The van der Waals surface area contributed by atoms with Crippen LogP contribution in [-0.4, -0.2) is 82.6 Å². The van der Waals surface area contributed by atoms with Crippen molar-refractivity contribution in [2.45, 2.75) is 50.4 Å². The van der Waals surface area contributed by atoms with Crippen LogP contribution in [0.3, 0.4) is 0 Å². The smallest absolute Gasteiger partial charge is 0.322 e. The number of primary amides is 1. The minimum Gasteiger partial charge on any atom is -0.480 e. The van der Waals surface area contributed by atoms with Crippen LogP contribution >= 0.6 is 11.8 Å². The summed E-state index contributed by atoms with van der Waals surface area (Å²) in [5.74, 6) is -3.70. The first-order chi connectivity index (χ1) is 13.5. The standard InChI is InChI=1S/C16H29N5O7S/c1-8(22)13(16(28)19-7-12(24)25)21-15(27)10(5-6-29-2)20-14(26)9(17)3-4-11(18)23/h8-10,13,22H,3-7,17H2,1-2H3,(H2,18,23)(H,19,28)(H,20,26)(H,21,27)(H,24,25). The molecule has 0 bridgehead atoms. The lowest BCUT2D eigenvalue weighted by atomic mass is 10.1. The number of carbonyl (C=O) groups is 5. The van der Waals surface area contributed by atoms with E-state index in [-0.39, 0.29) is 19.3 Å². The first-order valence-electron chi connectivity index (χ1n) is 8.80. The summed E-state index contributed by atoms with van der Waals surface area (Å²) < 4.78 is 0. The van der Waals surface area contributed by atoms with Crippen LogP contribution < -0.4 is 27.4 Å². The summed E-state index contributed by atoms with van der Waals surface area (Å²) in [5.41, 5.74) is 10.7. The van der Waals surface area contributed by atoms with Gasteiger partial charge in [0.15, 0.2) is 0 Å². The SMILES string of the molecule is CSCCC(NC(=O)C(N)CCC(N)=O)C(=O)NC(C(=O)NCC(=O)O)C(C)O. The number of carboxylic acids is 1. The number of hydrogen-bond acceptors (Lipinski definition) is 8. The molecule has 0 aliphatic rings. The van der Waals surface area contributed by atoms with Gasteiger partial charge in [-0.15, -0.1) is 0 Å². The first-order valence-corrected chi connectivity index (χ1v) is 10.2. The summed E-state index contributed by atoms with van der Waals surface area (Å²) in [5, 5.41) is 25.2. The normalized spacial score (nSPS) is 14.8. The summed E-state index contributed by atoms with van der Waals surface area (Å²) in [7, 11) is 0. The molecule has 0 aliphatic heterocycles. The molecule has 0 heterocycles. The molecule has 0 spiro atoms. The number of hydrogen-bond donors (Lipinski definition) is 7. The zero-order valence-electron chi connectivity index (χ0n) is 16.3. The molecule has 4 unspecified atom stereocenters. The summed E-state index contributed by atoms with van der Waals surface area (Å²) in [6.07, 6.45) is 0.607. The highest BCUT2D eigenvalue weighted by molar-refractivity contribution is 7.98. The van der Waals surface area contributed by atoms with Gasteiger partial charge < -0.3 is 37.6 Å². The second kappa shape index (κ2) is 13.7.